The number of halogens is 1. The summed E-state index contributed by atoms with van der Waals surface area (Å²) in [7, 11) is 3.02. The summed E-state index contributed by atoms with van der Waals surface area (Å²) in [5.41, 5.74) is 2.61. The van der Waals surface area contributed by atoms with Gasteiger partial charge in [-0.15, -0.1) is 0 Å². The van der Waals surface area contributed by atoms with Gasteiger partial charge in [0.2, 0.25) is 0 Å². The third kappa shape index (κ3) is 3.58. The number of Topliss-reactive ketones (excluding diaryl/α,β-unsaturated/α-hetero) is 1. The van der Waals surface area contributed by atoms with Crippen molar-refractivity contribution in [3.8, 4) is 5.75 Å². The summed E-state index contributed by atoms with van der Waals surface area (Å²) in [6.07, 6.45) is 0.739. The molecule has 6 heteroatoms. The molecule has 1 N–H and O–H groups in total. The van der Waals surface area contributed by atoms with Gasteiger partial charge >= 0.3 is 0 Å². The van der Waals surface area contributed by atoms with Crippen molar-refractivity contribution in [2.45, 2.75) is 26.7 Å². The molecule has 23 heavy (non-hydrogen) atoms. The summed E-state index contributed by atoms with van der Waals surface area (Å²) >= 11 is 3.42. The van der Waals surface area contributed by atoms with Gasteiger partial charge in [-0.05, 0) is 38.0 Å². The van der Waals surface area contributed by atoms with E-state index < -0.39 is 0 Å². The van der Waals surface area contributed by atoms with Crippen LogP contribution < -0.4 is 4.74 Å². The second kappa shape index (κ2) is 7.17. The molecule has 2 rings (SSSR count). The first-order chi connectivity index (χ1) is 10.9. The van der Waals surface area contributed by atoms with Crippen LogP contribution in [0.5, 0.6) is 5.75 Å². The molecule has 0 radical (unpaired) electrons. The van der Waals surface area contributed by atoms with Crippen molar-refractivity contribution in [3.63, 3.8) is 0 Å². The molecule has 0 spiro atoms. The molecule has 124 valence electrons. The molecule has 0 aliphatic heterocycles. The van der Waals surface area contributed by atoms with E-state index in [0.29, 0.717) is 23.3 Å². The zero-order valence-electron chi connectivity index (χ0n) is 13.6. The quantitative estimate of drug-likeness (QED) is 0.617. The van der Waals surface area contributed by atoms with Gasteiger partial charge in [0.05, 0.1) is 18.4 Å². The second-order valence-corrected chi connectivity index (χ2v) is 6.51. The average molecular weight is 382 g/mol. The number of oxime groups is 1. The van der Waals surface area contributed by atoms with Gasteiger partial charge in [-0.25, -0.2) is 0 Å². The summed E-state index contributed by atoms with van der Waals surface area (Å²) < 4.78 is 6.26. The first-order valence-corrected chi connectivity index (χ1v) is 8.05. The molecule has 1 atom stereocenters. The standard InChI is InChI=1S/C17H20BrNO4/c1-9-5-12(18)8-14(22-3)15(9)16-13(20)7-11(17(16)21)6-10(2)19-23-4/h5,8,11,21H,6-7H2,1-4H3/b19-10+. The minimum atomic E-state index is -0.274. The topological polar surface area (TPSA) is 68.1 Å². The zero-order chi connectivity index (χ0) is 17.1. The largest absolute Gasteiger partial charge is 0.511 e. The fourth-order valence-corrected chi connectivity index (χ4v) is 3.50. The monoisotopic (exact) mass is 381 g/mol. The Labute approximate surface area is 144 Å². The molecule has 5 nitrogen and oxygen atoms in total. The molecule has 1 unspecified atom stereocenters. The Balaban J connectivity index is 2.48. The van der Waals surface area contributed by atoms with Crippen LogP contribution in [0.2, 0.25) is 0 Å². The number of ether oxygens (including phenoxy) is 1. The molecule has 1 aliphatic carbocycles. The number of hydrogen-bond acceptors (Lipinski definition) is 5. The number of rotatable bonds is 5. The molecule has 0 bridgehead atoms. The van der Waals surface area contributed by atoms with Crippen LogP contribution in [-0.2, 0) is 9.63 Å². The molecule has 0 aromatic heterocycles. The van der Waals surface area contributed by atoms with Crippen LogP contribution in [0.3, 0.4) is 0 Å². The third-order valence-electron chi connectivity index (χ3n) is 3.88. The first-order valence-electron chi connectivity index (χ1n) is 7.26. The third-order valence-corrected chi connectivity index (χ3v) is 4.33. The Morgan fingerprint density at radius 1 is 1.43 bits per heavy atom. The Morgan fingerprint density at radius 3 is 2.74 bits per heavy atom. The number of aliphatic hydroxyl groups is 1. The van der Waals surface area contributed by atoms with Gasteiger partial charge in [-0.3, -0.25) is 4.79 Å². The van der Waals surface area contributed by atoms with Crippen LogP contribution in [0.15, 0.2) is 27.5 Å². The number of carbonyl (C=O) groups is 1. The summed E-state index contributed by atoms with van der Waals surface area (Å²) in [6.45, 7) is 3.70. The van der Waals surface area contributed by atoms with E-state index in [9.17, 15) is 9.90 Å². The van der Waals surface area contributed by atoms with E-state index in [1.807, 2.05) is 19.9 Å². The van der Waals surface area contributed by atoms with Crippen LogP contribution in [0, 0.1) is 12.8 Å². The van der Waals surface area contributed by atoms with E-state index in [4.69, 9.17) is 9.57 Å². The van der Waals surface area contributed by atoms with Crippen molar-refractivity contribution in [3.05, 3.63) is 33.5 Å². The zero-order valence-corrected chi connectivity index (χ0v) is 15.2. The van der Waals surface area contributed by atoms with Crippen LogP contribution in [0.4, 0.5) is 0 Å². The number of allylic oxidation sites excluding steroid dienone is 2. The lowest BCUT2D eigenvalue weighted by molar-refractivity contribution is -0.113. The van der Waals surface area contributed by atoms with Crippen molar-refractivity contribution in [2.75, 3.05) is 14.2 Å². The lowest BCUT2D eigenvalue weighted by Gasteiger charge is -2.14. The molecule has 1 aliphatic rings. The molecule has 0 saturated carbocycles. The van der Waals surface area contributed by atoms with Gasteiger partial charge in [0.25, 0.3) is 0 Å². The molecule has 0 amide bonds. The summed E-state index contributed by atoms with van der Waals surface area (Å²) in [5.74, 6) is 0.310. The Bertz CT molecular complexity index is 694. The maximum atomic E-state index is 12.5. The predicted octanol–water partition coefficient (Wildman–Crippen LogP) is 4.04. The van der Waals surface area contributed by atoms with E-state index in [1.54, 1.807) is 13.2 Å². The minimum absolute atomic E-state index is 0.0820. The van der Waals surface area contributed by atoms with E-state index in [0.717, 1.165) is 15.7 Å². The molecule has 1 aromatic rings. The highest BCUT2D eigenvalue weighted by Gasteiger charge is 2.35. The highest BCUT2D eigenvalue weighted by molar-refractivity contribution is 9.10. The van der Waals surface area contributed by atoms with Crippen molar-refractivity contribution in [2.24, 2.45) is 11.1 Å². The average Bonchev–Trinajstić information content (AvgIpc) is 2.73. The minimum Gasteiger partial charge on any atom is -0.511 e. The number of hydrogen-bond donors (Lipinski definition) is 1. The van der Waals surface area contributed by atoms with Gasteiger partial charge in [0.15, 0.2) is 5.78 Å². The molecule has 0 saturated heterocycles. The second-order valence-electron chi connectivity index (χ2n) is 5.60. The van der Waals surface area contributed by atoms with Crippen molar-refractivity contribution in [1.29, 1.82) is 0 Å². The van der Waals surface area contributed by atoms with Crippen LogP contribution >= 0.6 is 15.9 Å². The van der Waals surface area contributed by atoms with Gasteiger partial charge in [-0.2, -0.15) is 0 Å². The van der Waals surface area contributed by atoms with Crippen molar-refractivity contribution >= 4 is 33.0 Å². The maximum Gasteiger partial charge on any atom is 0.167 e. The fraction of sp³-hybridized carbons (Fsp3) is 0.412. The number of aliphatic hydroxyl groups excluding tert-OH is 1. The lowest BCUT2D eigenvalue weighted by Crippen LogP contribution is -2.06. The molecule has 0 heterocycles. The molecular formula is C17H20BrNO4. The van der Waals surface area contributed by atoms with Gasteiger partial charge < -0.3 is 14.7 Å². The molecule has 0 fully saturated rings. The number of carbonyl (C=O) groups excluding carboxylic acids is 1. The summed E-state index contributed by atoms with van der Waals surface area (Å²) in [4.78, 5) is 17.2. The van der Waals surface area contributed by atoms with Crippen LogP contribution in [0.25, 0.3) is 5.57 Å². The molecular weight excluding hydrogens is 362 g/mol. The first kappa shape index (κ1) is 17.5. The van der Waals surface area contributed by atoms with Gasteiger partial charge in [0.1, 0.15) is 18.6 Å². The Morgan fingerprint density at radius 2 is 2.13 bits per heavy atom. The van der Waals surface area contributed by atoms with Crippen molar-refractivity contribution in [1.82, 2.24) is 0 Å². The lowest BCUT2D eigenvalue weighted by atomic mass is 9.97. The smallest absolute Gasteiger partial charge is 0.167 e. The number of nitrogens with zero attached hydrogens (tertiary/aromatic N) is 1. The van der Waals surface area contributed by atoms with Gasteiger partial charge in [0, 0.05) is 22.4 Å². The fourth-order valence-electron chi connectivity index (χ4n) is 2.95. The summed E-state index contributed by atoms with van der Waals surface area (Å²) in [6, 6.07) is 3.69. The summed E-state index contributed by atoms with van der Waals surface area (Å²) in [5, 5.41) is 14.4. The maximum absolute atomic E-state index is 12.5. The van der Waals surface area contributed by atoms with Crippen molar-refractivity contribution < 1.29 is 19.5 Å². The number of ketones is 1. The Kier molecular flexibility index (Phi) is 5.46. The number of methoxy groups -OCH3 is 1. The van der Waals surface area contributed by atoms with Crippen LogP contribution in [-0.4, -0.2) is 30.8 Å². The Hall–Kier alpha value is -1.82. The van der Waals surface area contributed by atoms with Gasteiger partial charge in [-0.1, -0.05) is 21.1 Å². The van der Waals surface area contributed by atoms with E-state index in [-0.39, 0.29) is 23.9 Å². The normalized spacial score (nSPS) is 18.6. The number of aryl methyl sites for hydroxylation is 1. The van der Waals surface area contributed by atoms with E-state index in [2.05, 4.69) is 21.1 Å². The SMILES string of the molecule is CO/N=C(\C)CC1CC(=O)C(c2c(C)cc(Br)cc2OC)=C1O. The van der Waals surface area contributed by atoms with Crippen LogP contribution in [0.1, 0.15) is 30.9 Å². The van der Waals surface area contributed by atoms with E-state index >= 15 is 0 Å². The highest BCUT2D eigenvalue weighted by Crippen LogP contribution is 2.41. The van der Waals surface area contributed by atoms with E-state index in [1.165, 1.54) is 7.11 Å². The highest BCUT2D eigenvalue weighted by atomic mass is 79.9. The predicted molar refractivity (Wildman–Crippen MR) is 92.8 cm³/mol. The number of benzene rings is 1. The molecule has 1 aromatic carbocycles.